The van der Waals surface area contributed by atoms with Crippen LogP contribution in [0.25, 0.3) is 0 Å². The van der Waals surface area contributed by atoms with E-state index in [2.05, 4.69) is 28.9 Å². The van der Waals surface area contributed by atoms with Gasteiger partial charge in [-0.15, -0.1) is 0 Å². The minimum absolute atomic E-state index is 0.273. The minimum atomic E-state index is 0.273. The summed E-state index contributed by atoms with van der Waals surface area (Å²) in [6, 6.07) is 0.473. The Morgan fingerprint density at radius 2 is 2.17 bits per heavy atom. The van der Waals surface area contributed by atoms with E-state index < -0.39 is 0 Å². The zero-order valence-electron chi connectivity index (χ0n) is 11.6. The van der Waals surface area contributed by atoms with E-state index in [9.17, 15) is 0 Å². The smallest absolute Gasteiger partial charge is 0.0537 e. The SMILES string of the molecule is Cc1c(CN2CCN(C)[C@H](CCO)C2)cnn1C. The third-order valence-electron chi connectivity index (χ3n) is 4.05. The first-order chi connectivity index (χ1) is 8.61. The highest BCUT2D eigenvalue weighted by Gasteiger charge is 2.24. The van der Waals surface area contributed by atoms with Crippen LogP contribution in [0.4, 0.5) is 0 Å². The number of nitrogens with zero attached hydrogens (tertiary/aromatic N) is 4. The number of aromatic nitrogens is 2. The molecule has 1 aliphatic rings. The second kappa shape index (κ2) is 5.82. The summed E-state index contributed by atoms with van der Waals surface area (Å²) in [6.45, 7) is 6.55. The quantitative estimate of drug-likeness (QED) is 0.833. The van der Waals surface area contributed by atoms with Crippen molar-refractivity contribution >= 4 is 0 Å². The van der Waals surface area contributed by atoms with E-state index in [1.54, 1.807) is 0 Å². The predicted molar refractivity (Wildman–Crippen MR) is 71.3 cm³/mol. The summed E-state index contributed by atoms with van der Waals surface area (Å²) in [5.74, 6) is 0. The largest absolute Gasteiger partial charge is 0.396 e. The number of hydrogen-bond acceptors (Lipinski definition) is 4. The van der Waals surface area contributed by atoms with Crippen molar-refractivity contribution in [1.29, 1.82) is 0 Å². The number of hydrogen-bond donors (Lipinski definition) is 1. The average Bonchev–Trinajstić information content (AvgIpc) is 2.66. The van der Waals surface area contributed by atoms with Gasteiger partial charge in [0.2, 0.25) is 0 Å². The first kappa shape index (κ1) is 13.5. The zero-order valence-corrected chi connectivity index (χ0v) is 11.6. The Bertz CT molecular complexity index is 390. The van der Waals surface area contributed by atoms with Crippen LogP contribution in [0.3, 0.4) is 0 Å². The van der Waals surface area contributed by atoms with Crippen LogP contribution in [0.1, 0.15) is 17.7 Å². The highest BCUT2D eigenvalue weighted by atomic mass is 16.3. The molecule has 5 nitrogen and oxygen atoms in total. The second-order valence-electron chi connectivity index (χ2n) is 5.26. The summed E-state index contributed by atoms with van der Waals surface area (Å²) in [4.78, 5) is 4.81. The summed E-state index contributed by atoms with van der Waals surface area (Å²) in [5.41, 5.74) is 2.55. The molecule has 0 bridgehead atoms. The molecule has 1 atom stereocenters. The topological polar surface area (TPSA) is 44.5 Å². The molecule has 5 heteroatoms. The van der Waals surface area contributed by atoms with Crippen molar-refractivity contribution in [2.45, 2.75) is 25.9 Å². The Balaban J connectivity index is 1.96. The number of rotatable bonds is 4. The van der Waals surface area contributed by atoms with E-state index in [1.807, 2.05) is 17.9 Å². The molecule has 0 radical (unpaired) electrons. The van der Waals surface area contributed by atoms with Gasteiger partial charge in [0.15, 0.2) is 0 Å². The van der Waals surface area contributed by atoms with Crippen molar-refractivity contribution in [3.05, 3.63) is 17.5 Å². The molecule has 1 aromatic rings. The van der Waals surface area contributed by atoms with Gasteiger partial charge in [-0.25, -0.2) is 0 Å². The van der Waals surface area contributed by atoms with Gasteiger partial charge in [-0.2, -0.15) is 5.10 Å². The lowest BCUT2D eigenvalue weighted by atomic mass is 10.1. The number of piperazine rings is 1. The average molecular weight is 252 g/mol. The molecular weight excluding hydrogens is 228 g/mol. The fraction of sp³-hybridized carbons (Fsp3) is 0.769. The van der Waals surface area contributed by atoms with E-state index in [-0.39, 0.29) is 6.61 Å². The van der Waals surface area contributed by atoms with Gasteiger partial charge in [-0.1, -0.05) is 0 Å². The highest BCUT2D eigenvalue weighted by Crippen LogP contribution is 2.15. The second-order valence-corrected chi connectivity index (χ2v) is 5.26. The first-order valence-electron chi connectivity index (χ1n) is 6.62. The van der Waals surface area contributed by atoms with Crippen LogP contribution in [0.5, 0.6) is 0 Å². The Hall–Kier alpha value is -0.910. The standard InChI is InChI=1S/C13H24N4O/c1-11-12(8-14-16(11)3)9-17-6-5-15(2)13(10-17)4-7-18/h8,13,18H,4-7,9-10H2,1-3H3/t13-/m1/s1. The Morgan fingerprint density at radius 3 is 2.78 bits per heavy atom. The molecule has 102 valence electrons. The monoisotopic (exact) mass is 252 g/mol. The van der Waals surface area contributed by atoms with Gasteiger partial charge in [-0.3, -0.25) is 9.58 Å². The summed E-state index contributed by atoms with van der Waals surface area (Å²) in [7, 11) is 4.13. The van der Waals surface area contributed by atoms with E-state index >= 15 is 0 Å². The van der Waals surface area contributed by atoms with Crippen molar-refractivity contribution in [3.63, 3.8) is 0 Å². The molecule has 0 spiro atoms. The number of likely N-dealkylation sites (N-methyl/N-ethyl adjacent to an activating group) is 1. The van der Waals surface area contributed by atoms with E-state index in [0.717, 1.165) is 32.6 Å². The summed E-state index contributed by atoms with van der Waals surface area (Å²) < 4.78 is 1.93. The molecule has 0 aliphatic carbocycles. The molecule has 1 saturated heterocycles. The van der Waals surface area contributed by atoms with Crippen LogP contribution in [-0.2, 0) is 13.6 Å². The van der Waals surface area contributed by atoms with Crippen LogP contribution < -0.4 is 0 Å². The summed E-state index contributed by atoms with van der Waals surface area (Å²) >= 11 is 0. The van der Waals surface area contributed by atoms with Gasteiger partial charge in [0.1, 0.15) is 0 Å². The number of aryl methyl sites for hydroxylation is 1. The zero-order chi connectivity index (χ0) is 13.1. The third kappa shape index (κ3) is 2.91. The van der Waals surface area contributed by atoms with Crippen molar-refractivity contribution in [2.24, 2.45) is 7.05 Å². The number of aliphatic hydroxyl groups excluding tert-OH is 1. The molecular formula is C13H24N4O. The fourth-order valence-corrected chi connectivity index (χ4v) is 2.56. The maximum absolute atomic E-state index is 9.10. The lowest BCUT2D eigenvalue weighted by Gasteiger charge is -2.39. The fourth-order valence-electron chi connectivity index (χ4n) is 2.56. The maximum atomic E-state index is 9.10. The lowest BCUT2D eigenvalue weighted by Crippen LogP contribution is -2.51. The molecule has 2 rings (SSSR count). The van der Waals surface area contributed by atoms with E-state index in [1.165, 1.54) is 11.3 Å². The van der Waals surface area contributed by atoms with Gasteiger partial charge < -0.3 is 10.0 Å². The van der Waals surface area contributed by atoms with Crippen molar-refractivity contribution in [3.8, 4) is 0 Å². The van der Waals surface area contributed by atoms with Crippen LogP contribution in [0.15, 0.2) is 6.20 Å². The van der Waals surface area contributed by atoms with Crippen LogP contribution in [0.2, 0.25) is 0 Å². The Labute approximate surface area is 109 Å². The predicted octanol–water partition coefficient (Wildman–Crippen LogP) is 0.227. The Kier molecular flexibility index (Phi) is 4.37. The molecule has 1 fully saturated rings. The van der Waals surface area contributed by atoms with Gasteiger partial charge in [0.05, 0.1) is 6.20 Å². The summed E-state index contributed by atoms with van der Waals surface area (Å²) in [5, 5.41) is 13.4. The van der Waals surface area contributed by atoms with Crippen molar-refractivity contribution in [1.82, 2.24) is 19.6 Å². The molecule has 0 amide bonds. The van der Waals surface area contributed by atoms with E-state index in [4.69, 9.17) is 5.11 Å². The summed E-state index contributed by atoms with van der Waals surface area (Å²) in [6.07, 6.45) is 2.83. The van der Waals surface area contributed by atoms with Gasteiger partial charge >= 0.3 is 0 Å². The molecule has 2 heterocycles. The molecule has 0 saturated carbocycles. The van der Waals surface area contributed by atoms with Gasteiger partial charge in [0, 0.05) is 57.1 Å². The molecule has 1 N–H and O–H groups in total. The lowest BCUT2D eigenvalue weighted by molar-refractivity contribution is 0.0742. The molecule has 18 heavy (non-hydrogen) atoms. The van der Waals surface area contributed by atoms with Crippen LogP contribution >= 0.6 is 0 Å². The van der Waals surface area contributed by atoms with Crippen LogP contribution in [-0.4, -0.2) is 64.0 Å². The van der Waals surface area contributed by atoms with Crippen molar-refractivity contribution in [2.75, 3.05) is 33.3 Å². The molecule has 0 aromatic carbocycles. The van der Waals surface area contributed by atoms with E-state index in [0.29, 0.717) is 6.04 Å². The molecule has 1 aliphatic heterocycles. The van der Waals surface area contributed by atoms with Crippen LogP contribution in [0, 0.1) is 6.92 Å². The normalized spacial score (nSPS) is 22.6. The van der Waals surface area contributed by atoms with Crippen molar-refractivity contribution < 1.29 is 5.11 Å². The van der Waals surface area contributed by atoms with Gasteiger partial charge in [0.25, 0.3) is 0 Å². The Morgan fingerprint density at radius 1 is 1.39 bits per heavy atom. The maximum Gasteiger partial charge on any atom is 0.0537 e. The van der Waals surface area contributed by atoms with Gasteiger partial charge in [-0.05, 0) is 20.4 Å². The highest BCUT2D eigenvalue weighted by molar-refractivity contribution is 5.15. The minimum Gasteiger partial charge on any atom is -0.396 e. The first-order valence-corrected chi connectivity index (χ1v) is 6.62. The molecule has 0 unspecified atom stereocenters. The molecule has 1 aromatic heterocycles. The third-order valence-corrected chi connectivity index (χ3v) is 4.05. The number of aliphatic hydroxyl groups is 1.